The molecule has 0 aliphatic rings. The SMILES string of the molecule is O=C(O)c1[nH]nc(OCc2ccccc2)c1Br. The molecule has 0 atom stereocenters. The van der Waals surface area contributed by atoms with E-state index < -0.39 is 5.97 Å². The molecule has 2 N–H and O–H groups in total. The third kappa shape index (κ3) is 2.65. The van der Waals surface area contributed by atoms with Gasteiger partial charge in [-0.2, -0.15) is 0 Å². The van der Waals surface area contributed by atoms with Crippen LogP contribution in [0.25, 0.3) is 0 Å². The maximum absolute atomic E-state index is 10.8. The molecule has 0 saturated carbocycles. The Hall–Kier alpha value is -1.82. The Morgan fingerprint density at radius 1 is 1.41 bits per heavy atom. The molecule has 1 aromatic heterocycles. The van der Waals surface area contributed by atoms with Gasteiger partial charge >= 0.3 is 5.97 Å². The van der Waals surface area contributed by atoms with Gasteiger partial charge in [0.2, 0.25) is 5.88 Å². The Bertz CT molecular complexity index is 525. The molecule has 0 spiro atoms. The molecule has 17 heavy (non-hydrogen) atoms. The van der Waals surface area contributed by atoms with Crippen molar-refractivity contribution in [2.24, 2.45) is 0 Å². The van der Waals surface area contributed by atoms with Crippen molar-refractivity contribution in [3.63, 3.8) is 0 Å². The number of aromatic nitrogens is 2. The minimum atomic E-state index is -1.08. The third-order valence-corrected chi connectivity index (χ3v) is 2.84. The normalized spacial score (nSPS) is 10.2. The summed E-state index contributed by atoms with van der Waals surface area (Å²) >= 11 is 3.13. The van der Waals surface area contributed by atoms with Crippen molar-refractivity contribution in [1.29, 1.82) is 0 Å². The lowest BCUT2D eigenvalue weighted by molar-refractivity contribution is 0.0689. The predicted octanol–water partition coefficient (Wildman–Crippen LogP) is 2.45. The zero-order chi connectivity index (χ0) is 12.3. The first-order valence-electron chi connectivity index (χ1n) is 4.82. The lowest BCUT2D eigenvalue weighted by Crippen LogP contribution is -1.97. The van der Waals surface area contributed by atoms with Gasteiger partial charge in [-0.15, -0.1) is 5.10 Å². The number of hydrogen-bond acceptors (Lipinski definition) is 3. The minimum Gasteiger partial charge on any atom is -0.476 e. The van der Waals surface area contributed by atoms with Gasteiger partial charge in [0, 0.05) is 0 Å². The number of carboxylic acid groups (broad SMARTS) is 1. The summed E-state index contributed by atoms with van der Waals surface area (Å²) in [4.78, 5) is 10.8. The zero-order valence-electron chi connectivity index (χ0n) is 8.68. The number of benzene rings is 1. The second-order valence-corrected chi connectivity index (χ2v) is 4.09. The Kier molecular flexibility index (Phi) is 3.43. The van der Waals surface area contributed by atoms with Crippen LogP contribution in [0.4, 0.5) is 0 Å². The van der Waals surface area contributed by atoms with Crippen LogP contribution in [0.3, 0.4) is 0 Å². The van der Waals surface area contributed by atoms with Crippen LogP contribution in [0.5, 0.6) is 5.88 Å². The zero-order valence-corrected chi connectivity index (χ0v) is 10.3. The van der Waals surface area contributed by atoms with Crippen molar-refractivity contribution in [2.45, 2.75) is 6.61 Å². The second kappa shape index (κ2) is 5.01. The van der Waals surface area contributed by atoms with Crippen LogP contribution in [0.2, 0.25) is 0 Å². The third-order valence-electron chi connectivity index (χ3n) is 2.11. The van der Waals surface area contributed by atoms with Crippen LogP contribution in [0, 0.1) is 0 Å². The highest BCUT2D eigenvalue weighted by Gasteiger charge is 2.17. The van der Waals surface area contributed by atoms with E-state index >= 15 is 0 Å². The van der Waals surface area contributed by atoms with E-state index in [4.69, 9.17) is 9.84 Å². The summed E-state index contributed by atoms with van der Waals surface area (Å²) < 4.78 is 5.72. The van der Waals surface area contributed by atoms with Gasteiger partial charge in [0.1, 0.15) is 11.1 Å². The molecule has 1 heterocycles. The number of halogens is 1. The van der Waals surface area contributed by atoms with Crippen LogP contribution in [-0.4, -0.2) is 21.3 Å². The van der Waals surface area contributed by atoms with Crippen LogP contribution in [-0.2, 0) is 6.61 Å². The lowest BCUT2D eigenvalue weighted by Gasteiger charge is -2.02. The van der Waals surface area contributed by atoms with Crippen LogP contribution >= 0.6 is 15.9 Å². The summed E-state index contributed by atoms with van der Waals surface area (Å²) in [6, 6.07) is 9.55. The van der Waals surface area contributed by atoms with E-state index in [9.17, 15) is 4.79 Å². The highest BCUT2D eigenvalue weighted by Crippen LogP contribution is 2.26. The molecule has 0 amide bonds. The number of carbonyl (C=O) groups is 1. The summed E-state index contributed by atoms with van der Waals surface area (Å²) in [6.45, 7) is 0.337. The molecule has 5 nitrogen and oxygen atoms in total. The molecular weight excluding hydrogens is 288 g/mol. The Labute approximate surface area is 106 Å². The van der Waals surface area contributed by atoms with Crippen LogP contribution < -0.4 is 4.74 Å². The van der Waals surface area contributed by atoms with Gasteiger partial charge in [-0.05, 0) is 21.5 Å². The molecule has 0 bridgehead atoms. The first-order valence-corrected chi connectivity index (χ1v) is 5.61. The van der Waals surface area contributed by atoms with E-state index in [1.165, 1.54) is 0 Å². The number of H-pyrrole nitrogens is 1. The number of ether oxygens (including phenoxy) is 1. The smallest absolute Gasteiger partial charge is 0.355 e. The van der Waals surface area contributed by atoms with E-state index in [1.807, 2.05) is 30.3 Å². The fourth-order valence-electron chi connectivity index (χ4n) is 1.28. The van der Waals surface area contributed by atoms with E-state index in [0.29, 0.717) is 11.1 Å². The molecular formula is C11H9BrN2O3. The fraction of sp³-hybridized carbons (Fsp3) is 0.0909. The molecule has 2 aromatic rings. The summed E-state index contributed by atoms with van der Waals surface area (Å²) in [5, 5.41) is 15.0. The van der Waals surface area contributed by atoms with Crippen LogP contribution in [0.15, 0.2) is 34.8 Å². The van der Waals surface area contributed by atoms with E-state index in [2.05, 4.69) is 26.1 Å². The highest BCUT2D eigenvalue weighted by atomic mass is 79.9. The monoisotopic (exact) mass is 296 g/mol. The number of nitrogens with zero attached hydrogens (tertiary/aromatic N) is 1. The van der Waals surface area contributed by atoms with Crippen molar-refractivity contribution in [1.82, 2.24) is 10.2 Å². The van der Waals surface area contributed by atoms with Gasteiger partial charge < -0.3 is 9.84 Å². The number of nitrogens with one attached hydrogen (secondary N) is 1. The van der Waals surface area contributed by atoms with E-state index in [0.717, 1.165) is 5.56 Å². The molecule has 6 heteroatoms. The van der Waals surface area contributed by atoms with Gasteiger partial charge in [0.25, 0.3) is 0 Å². The van der Waals surface area contributed by atoms with Gasteiger partial charge in [0.05, 0.1) is 0 Å². The minimum absolute atomic E-state index is 0.0203. The predicted molar refractivity (Wildman–Crippen MR) is 64.0 cm³/mol. The number of aromatic carboxylic acids is 1. The average Bonchev–Trinajstić information content (AvgIpc) is 2.69. The van der Waals surface area contributed by atoms with Crippen molar-refractivity contribution >= 4 is 21.9 Å². The Morgan fingerprint density at radius 2 is 2.12 bits per heavy atom. The van der Waals surface area contributed by atoms with Crippen LogP contribution in [0.1, 0.15) is 16.1 Å². The topological polar surface area (TPSA) is 75.2 Å². The molecule has 0 radical (unpaired) electrons. The van der Waals surface area contributed by atoms with Gasteiger partial charge in [-0.1, -0.05) is 30.3 Å². The van der Waals surface area contributed by atoms with Crippen molar-refractivity contribution < 1.29 is 14.6 Å². The largest absolute Gasteiger partial charge is 0.476 e. The first kappa shape index (κ1) is 11.7. The first-order chi connectivity index (χ1) is 8.18. The summed E-state index contributed by atoms with van der Waals surface area (Å²) in [7, 11) is 0. The quantitative estimate of drug-likeness (QED) is 0.909. The molecule has 0 unspecified atom stereocenters. The average molecular weight is 297 g/mol. The number of carboxylic acids is 1. The number of hydrogen-bond donors (Lipinski definition) is 2. The van der Waals surface area contributed by atoms with Crippen molar-refractivity contribution in [2.75, 3.05) is 0 Å². The molecule has 88 valence electrons. The molecule has 0 aliphatic heterocycles. The van der Waals surface area contributed by atoms with Crippen molar-refractivity contribution in [3.05, 3.63) is 46.1 Å². The number of rotatable bonds is 4. The van der Waals surface area contributed by atoms with E-state index in [-0.39, 0.29) is 11.6 Å². The maximum atomic E-state index is 10.8. The molecule has 0 aliphatic carbocycles. The van der Waals surface area contributed by atoms with Crippen molar-refractivity contribution in [3.8, 4) is 5.88 Å². The standard InChI is InChI=1S/C11H9BrN2O3/c12-8-9(11(15)16)13-14-10(8)17-6-7-4-2-1-3-5-7/h1-5H,6H2,(H,13,14)(H,15,16). The lowest BCUT2D eigenvalue weighted by atomic mass is 10.2. The van der Waals surface area contributed by atoms with Gasteiger partial charge in [-0.3, -0.25) is 5.10 Å². The summed E-state index contributed by atoms with van der Waals surface area (Å²) in [5.74, 6) is -0.842. The fourth-order valence-corrected chi connectivity index (χ4v) is 1.74. The Balaban J connectivity index is 2.07. The molecule has 0 fully saturated rings. The van der Waals surface area contributed by atoms with Gasteiger partial charge in [-0.25, -0.2) is 4.79 Å². The molecule has 1 aromatic carbocycles. The maximum Gasteiger partial charge on any atom is 0.355 e. The highest BCUT2D eigenvalue weighted by molar-refractivity contribution is 9.10. The molecule has 2 rings (SSSR count). The van der Waals surface area contributed by atoms with Gasteiger partial charge in [0.15, 0.2) is 5.69 Å². The summed E-state index contributed by atoms with van der Waals surface area (Å²) in [5.41, 5.74) is 0.965. The Morgan fingerprint density at radius 3 is 2.71 bits per heavy atom. The summed E-state index contributed by atoms with van der Waals surface area (Å²) in [6.07, 6.45) is 0. The van der Waals surface area contributed by atoms with E-state index in [1.54, 1.807) is 0 Å². The number of aromatic amines is 1. The molecule has 0 saturated heterocycles. The second-order valence-electron chi connectivity index (χ2n) is 3.30.